The van der Waals surface area contributed by atoms with E-state index in [9.17, 15) is 26.8 Å². The summed E-state index contributed by atoms with van der Waals surface area (Å²) in [6, 6.07) is 8.61. The minimum absolute atomic E-state index is 0.0452. The molecule has 0 unspecified atom stereocenters. The lowest BCUT2D eigenvalue weighted by molar-refractivity contribution is -0.148. The van der Waals surface area contributed by atoms with Gasteiger partial charge in [0.2, 0.25) is 10.0 Å². The van der Waals surface area contributed by atoms with Gasteiger partial charge in [0.05, 0.1) is 22.1 Å². The van der Waals surface area contributed by atoms with Gasteiger partial charge in [-0.15, -0.1) is 0 Å². The topological polar surface area (TPSA) is 141 Å². The van der Waals surface area contributed by atoms with Crippen molar-refractivity contribution in [3.63, 3.8) is 0 Å². The normalized spacial score (nSPS) is 13.9. The molecule has 0 radical (unpaired) electrons. The highest BCUT2D eigenvalue weighted by Gasteiger charge is 2.26. The van der Waals surface area contributed by atoms with Crippen molar-refractivity contribution in [2.75, 3.05) is 13.2 Å². The van der Waals surface area contributed by atoms with Crippen molar-refractivity contribution in [2.45, 2.75) is 43.8 Å². The third-order valence-electron chi connectivity index (χ3n) is 6.43. The monoisotopic (exact) mass is 624 g/mol. The van der Waals surface area contributed by atoms with Gasteiger partial charge in [-0.1, -0.05) is 17.7 Å². The number of nitrogens with one attached hydrogen (secondary N) is 1. The lowest BCUT2D eigenvalue weighted by Gasteiger charge is -2.22. The van der Waals surface area contributed by atoms with Crippen LogP contribution in [0.25, 0.3) is 0 Å². The van der Waals surface area contributed by atoms with Crippen LogP contribution in [0, 0.1) is 12.8 Å². The van der Waals surface area contributed by atoms with E-state index >= 15 is 0 Å². The van der Waals surface area contributed by atoms with Crippen LogP contribution < -0.4 is 14.2 Å². The van der Waals surface area contributed by atoms with Crippen molar-refractivity contribution in [3.8, 4) is 11.5 Å². The molecule has 1 aliphatic rings. The van der Waals surface area contributed by atoms with Crippen LogP contribution in [0.5, 0.6) is 11.5 Å². The van der Waals surface area contributed by atoms with E-state index in [0.717, 1.165) is 37.1 Å². The van der Waals surface area contributed by atoms with Crippen LogP contribution in [-0.2, 0) is 26.0 Å². The lowest BCUT2D eigenvalue weighted by Crippen LogP contribution is -2.31. The van der Waals surface area contributed by atoms with Crippen LogP contribution in [0.15, 0.2) is 59.8 Å². The van der Waals surface area contributed by atoms with Gasteiger partial charge in [0.15, 0.2) is 11.5 Å². The molecule has 2 N–H and O–H groups in total. The second kappa shape index (κ2) is 13.4. The molecule has 42 heavy (non-hydrogen) atoms. The third kappa shape index (κ3) is 8.37. The average molecular weight is 625 g/mol. The SMILES string of the molecule is Cc1cncc(Cl)c1C[C@H](OC(=O)CNS(=O)(=O)c1ccc(C(=O)O)cc1)c1ccc(OC(F)F)c(OCC2CC2)c1. The number of halogens is 3. The minimum Gasteiger partial charge on any atom is -0.489 e. The number of sulfonamides is 1. The van der Waals surface area contributed by atoms with Gasteiger partial charge in [0.1, 0.15) is 12.6 Å². The Morgan fingerprint density at radius 1 is 1.12 bits per heavy atom. The Hall–Kier alpha value is -3.81. The Kier molecular flexibility index (Phi) is 9.97. The number of aromatic carboxylic acids is 1. The number of carbonyl (C=O) groups excluding carboxylic acids is 1. The summed E-state index contributed by atoms with van der Waals surface area (Å²) in [7, 11) is -4.18. The second-order valence-corrected chi connectivity index (χ2v) is 11.8. The number of aryl methyl sites for hydroxylation is 1. The number of benzene rings is 2. The fourth-order valence-corrected chi connectivity index (χ4v) is 5.22. The van der Waals surface area contributed by atoms with Gasteiger partial charge in [0.25, 0.3) is 0 Å². The number of carboxylic acid groups (broad SMARTS) is 1. The van der Waals surface area contributed by atoms with Crippen LogP contribution in [0.2, 0.25) is 5.02 Å². The van der Waals surface area contributed by atoms with E-state index in [4.69, 9.17) is 26.2 Å². The molecule has 0 bridgehead atoms. The molecule has 0 spiro atoms. The Bertz CT molecular complexity index is 1530. The average Bonchev–Trinajstić information content (AvgIpc) is 3.77. The largest absolute Gasteiger partial charge is 0.489 e. The highest BCUT2D eigenvalue weighted by Crippen LogP contribution is 2.37. The van der Waals surface area contributed by atoms with Crippen LogP contribution in [0.3, 0.4) is 0 Å². The van der Waals surface area contributed by atoms with Crippen molar-refractivity contribution in [1.82, 2.24) is 9.71 Å². The van der Waals surface area contributed by atoms with E-state index in [0.29, 0.717) is 34.2 Å². The predicted molar refractivity (Wildman–Crippen MR) is 146 cm³/mol. The molecular weight excluding hydrogens is 598 g/mol. The molecule has 4 rings (SSSR count). The third-order valence-corrected chi connectivity index (χ3v) is 8.17. The number of carbonyl (C=O) groups is 2. The quantitative estimate of drug-likeness (QED) is 0.239. The van der Waals surface area contributed by atoms with Gasteiger partial charge in [-0.2, -0.15) is 13.5 Å². The Balaban J connectivity index is 1.56. The number of ether oxygens (including phenoxy) is 3. The smallest absolute Gasteiger partial charge is 0.387 e. The predicted octanol–water partition coefficient (Wildman–Crippen LogP) is 4.94. The van der Waals surface area contributed by atoms with E-state index in [1.165, 1.54) is 24.4 Å². The number of rotatable bonds is 14. The van der Waals surface area contributed by atoms with Crippen molar-refractivity contribution in [1.29, 1.82) is 0 Å². The molecule has 2 aromatic carbocycles. The molecule has 0 aliphatic heterocycles. The first-order valence-corrected chi connectivity index (χ1v) is 14.6. The molecule has 1 aliphatic carbocycles. The fraction of sp³-hybridized carbons (Fsp3) is 0.321. The Morgan fingerprint density at radius 3 is 2.45 bits per heavy atom. The minimum atomic E-state index is -4.18. The Labute approximate surface area is 245 Å². The molecule has 14 heteroatoms. The second-order valence-electron chi connectivity index (χ2n) is 9.59. The zero-order chi connectivity index (χ0) is 30.4. The molecule has 1 aromatic heterocycles. The molecule has 1 heterocycles. The highest BCUT2D eigenvalue weighted by molar-refractivity contribution is 7.89. The Morgan fingerprint density at radius 2 is 1.83 bits per heavy atom. The number of hydrogen-bond donors (Lipinski definition) is 2. The standard InChI is InChI=1S/C28H27ClF2N2O8S/c1-16-12-32-13-22(29)21(16)11-24(19-6-9-23(41-28(30)31)25(10-19)39-15-17-2-3-17)40-26(34)14-33-42(37,38)20-7-4-18(5-8-20)27(35)36/h4-10,12-13,17,24,28,33H,2-3,11,14-15H2,1H3,(H,35,36)/t24-/m0/s1. The summed E-state index contributed by atoms with van der Waals surface area (Å²) in [5.74, 6) is -1.99. The summed E-state index contributed by atoms with van der Waals surface area (Å²) < 4.78 is 69.6. The molecule has 1 saturated carbocycles. The van der Waals surface area contributed by atoms with Crippen molar-refractivity contribution in [2.24, 2.45) is 5.92 Å². The van der Waals surface area contributed by atoms with E-state index in [2.05, 4.69) is 14.4 Å². The molecular formula is C28H27ClF2N2O8S. The first kappa shape index (κ1) is 31.1. The molecule has 1 atom stereocenters. The van der Waals surface area contributed by atoms with E-state index < -0.39 is 41.2 Å². The van der Waals surface area contributed by atoms with Gasteiger partial charge in [-0.3, -0.25) is 9.78 Å². The first-order valence-electron chi connectivity index (χ1n) is 12.8. The van der Waals surface area contributed by atoms with Crippen LogP contribution in [0.1, 0.15) is 46.0 Å². The molecule has 3 aromatic rings. The molecule has 10 nitrogen and oxygen atoms in total. The fourth-order valence-electron chi connectivity index (χ4n) is 3.97. The number of pyridine rings is 1. The molecule has 0 amide bonds. The van der Waals surface area contributed by atoms with Gasteiger partial charge in [-0.25, -0.2) is 13.2 Å². The molecule has 1 fully saturated rings. The van der Waals surface area contributed by atoms with Crippen LogP contribution in [-0.4, -0.2) is 50.2 Å². The highest BCUT2D eigenvalue weighted by atomic mass is 35.5. The number of nitrogens with zero attached hydrogens (tertiary/aromatic N) is 1. The van der Waals surface area contributed by atoms with Gasteiger partial charge < -0.3 is 19.3 Å². The number of hydrogen-bond acceptors (Lipinski definition) is 8. The maximum Gasteiger partial charge on any atom is 0.387 e. The summed E-state index contributed by atoms with van der Waals surface area (Å²) in [5.41, 5.74) is 1.58. The number of carboxylic acids is 1. The van der Waals surface area contributed by atoms with E-state index in [1.807, 2.05) is 0 Å². The lowest BCUT2D eigenvalue weighted by atomic mass is 9.98. The van der Waals surface area contributed by atoms with Crippen molar-refractivity contribution < 1.29 is 46.1 Å². The van der Waals surface area contributed by atoms with Gasteiger partial charge >= 0.3 is 18.6 Å². The maximum absolute atomic E-state index is 13.0. The summed E-state index contributed by atoms with van der Waals surface area (Å²) >= 11 is 6.36. The summed E-state index contributed by atoms with van der Waals surface area (Å²) in [6.07, 6.45) is 3.96. The maximum atomic E-state index is 13.0. The first-order chi connectivity index (χ1) is 19.9. The van der Waals surface area contributed by atoms with Crippen LogP contribution >= 0.6 is 11.6 Å². The number of alkyl halides is 2. The van der Waals surface area contributed by atoms with Crippen LogP contribution in [0.4, 0.5) is 8.78 Å². The van der Waals surface area contributed by atoms with Gasteiger partial charge in [0, 0.05) is 18.8 Å². The van der Waals surface area contributed by atoms with E-state index in [-0.39, 0.29) is 28.4 Å². The van der Waals surface area contributed by atoms with Gasteiger partial charge in [-0.05, 0) is 78.8 Å². The summed E-state index contributed by atoms with van der Waals surface area (Å²) in [6.45, 7) is -1.77. The zero-order valence-electron chi connectivity index (χ0n) is 22.3. The van der Waals surface area contributed by atoms with Crippen molar-refractivity contribution in [3.05, 3.63) is 82.1 Å². The molecule has 224 valence electrons. The molecule has 0 saturated heterocycles. The summed E-state index contributed by atoms with van der Waals surface area (Å²) in [5, 5.41) is 9.32. The number of aromatic nitrogens is 1. The zero-order valence-corrected chi connectivity index (χ0v) is 23.8. The van der Waals surface area contributed by atoms with E-state index in [1.54, 1.807) is 13.1 Å². The van der Waals surface area contributed by atoms with Crippen molar-refractivity contribution >= 4 is 33.6 Å². The summed E-state index contributed by atoms with van der Waals surface area (Å²) in [4.78, 5) is 27.7. The number of esters is 1.